The van der Waals surface area contributed by atoms with Gasteiger partial charge in [0.25, 0.3) is 0 Å². The van der Waals surface area contributed by atoms with Gasteiger partial charge in [0.1, 0.15) is 0 Å². The molecule has 0 amide bonds. The van der Waals surface area contributed by atoms with Gasteiger partial charge < -0.3 is 10.5 Å². The fourth-order valence-corrected chi connectivity index (χ4v) is 1.29. The van der Waals surface area contributed by atoms with Crippen LogP contribution in [0.3, 0.4) is 0 Å². The third kappa shape index (κ3) is 1.80. The lowest BCUT2D eigenvalue weighted by molar-refractivity contribution is 0.172. The number of nitrogens with zero attached hydrogens (tertiary/aromatic N) is 2. The molecule has 1 atom stereocenters. The Bertz CT molecular complexity index is 493. The first-order valence-electron chi connectivity index (χ1n) is 5.27. The summed E-state index contributed by atoms with van der Waals surface area (Å²) in [6, 6.07) is 3.54. The fraction of sp³-hybridized carbons (Fsp3) is 0.455. The molecule has 86 valence electrons. The molecule has 2 N–H and O–H groups in total. The highest BCUT2D eigenvalue weighted by Crippen LogP contribution is 2.28. The van der Waals surface area contributed by atoms with E-state index in [4.69, 9.17) is 10.5 Å². The van der Waals surface area contributed by atoms with Crippen LogP contribution in [0.5, 0.6) is 5.75 Å². The van der Waals surface area contributed by atoms with Crippen molar-refractivity contribution in [2.24, 2.45) is 5.92 Å². The molecule has 0 aliphatic carbocycles. The third-order valence-electron chi connectivity index (χ3n) is 2.66. The molecule has 0 fully saturated rings. The number of nitrogens with two attached hydrogens (primary N) is 1. The van der Waals surface area contributed by atoms with Crippen molar-refractivity contribution in [1.82, 2.24) is 10.3 Å². The summed E-state index contributed by atoms with van der Waals surface area (Å²) in [4.78, 5) is 0. The number of benzene rings is 1. The summed E-state index contributed by atoms with van der Waals surface area (Å²) >= 11 is 0. The average molecular weight is 221 g/mol. The highest BCUT2D eigenvalue weighted by Gasteiger charge is 2.15. The van der Waals surface area contributed by atoms with Gasteiger partial charge in [-0.25, -0.2) is 4.63 Å². The number of rotatable bonds is 3. The molecular weight excluding hydrogens is 206 g/mol. The molecule has 2 aromatic rings. The van der Waals surface area contributed by atoms with Crippen molar-refractivity contribution in [3.05, 3.63) is 12.1 Å². The Balaban J connectivity index is 2.38. The van der Waals surface area contributed by atoms with Gasteiger partial charge in [0.2, 0.25) is 0 Å². The van der Waals surface area contributed by atoms with Gasteiger partial charge in [-0.05, 0) is 35.3 Å². The van der Waals surface area contributed by atoms with E-state index in [9.17, 15) is 0 Å². The quantitative estimate of drug-likeness (QED) is 0.804. The van der Waals surface area contributed by atoms with Crippen LogP contribution in [-0.4, -0.2) is 16.4 Å². The van der Waals surface area contributed by atoms with Gasteiger partial charge in [0.15, 0.2) is 16.8 Å². The monoisotopic (exact) mass is 221 g/mol. The molecule has 0 radical (unpaired) electrons. The van der Waals surface area contributed by atoms with E-state index < -0.39 is 0 Å². The van der Waals surface area contributed by atoms with E-state index in [-0.39, 0.29) is 6.10 Å². The van der Waals surface area contributed by atoms with Gasteiger partial charge in [0.05, 0.1) is 11.8 Å². The number of hydrogen-bond donors (Lipinski definition) is 1. The largest absolute Gasteiger partial charge is 0.488 e. The Labute approximate surface area is 93.5 Å². The first-order valence-corrected chi connectivity index (χ1v) is 5.27. The zero-order valence-electron chi connectivity index (χ0n) is 9.60. The molecule has 1 heterocycles. The molecule has 5 heteroatoms. The minimum atomic E-state index is 0.100. The molecule has 0 aliphatic heterocycles. The number of nitrogen functional groups attached to an aromatic ring is 1. The lowest BCUT2D eigenvalue weighted by Gasteiger charge is -2.17. The summed E-state index contributed by atoms with van der Waals surface area (Å²) in [5.74, 6) is 1.08. The molecule has 16 heavy (non-hydrogen) atoms. The molecule has 0 spiro atoms. The van der Waals surface area contributed by atoms with Crippen LogP contribution in [0.25, 0.3) is 11.0 Å². The maximum absolute atomic E-state index is 5.78. The van der Waals surface area contributed by atoms with Crippen molar-refractivity contribution in [1.29, 1.82) is 0 Å². The van der Waals surface area contributed by atoms with Crippen LogP contribution >= 0.6 is 0 Å². The highest BCUT2D eigenvalue weighted by molar-refractivity contribution is 5.90. The van der Waals surface area contributed by atoms with Gasteiger partial charge in [-0.2, -0.15) is 0 Å². The Morgan fingerprint density at radius 2 is 1.88 bits per heavy atom. The number of hydrogen-bond acceptors (Lipinski definition) is 5. The van der Waals surface area contributed by atoms with Crippen LogP contribution in [0.15, 0.2) is 16.8 Å². The first kappa shape index (κ1) is 10.7. The van der Waals surface area contributed by atoms with Gasteiger partial charge in [-0.1, -0.05) is 13.8 Å². The molecule has 2 rings (SSSR count). The molecule has 0 bridgehead atoms. The van der Waals surface area contributed by atoms with E-state index in [0.29, 0.717) is 28.4 Å². The van der Waals surface area contributed by atoms with Crippen LogP contribution in [0.4, 0.5) is 5.69 Å². The molecule has 0 saturated carbocycles. The average Bonchev–Trinajstić information content (AvgIpc) is 2.71. The minimum absolute atomic E-state index is 0.100. The topological polar surface area (TPSA) is 74.2 Å². The third-order valence-corrected chi connectivity index (χ3v) is 2.66. The van der Waals surface area contributed by atoms with Crippen molar-refractivity contribution < 1.29 is 9.37 Å². The van der Waals surface area contributed by atoms with E-state index >= 15 is 0 Å². The second-order valence-electron chi connectivity index (χ2n) is 4.18. The highest BCUT2D eigenvalue weighted by atomic mass is 16.6. The predicted molar refractivity (Wildman–Crippen MR) is 61.1 cm³/mol. The van der Waals surface area contributed by atoms with Crippen molar-refractivity contribution in [3.8, 4) is 5.75 Å². The van der Waals surface area contributed by atoms with Crippen LogP contribution in [0, 0.1) is 5.92 Å². The molecule has 1 aromatic carbocycles. The van der Waals surface area contributed by atoms with Crippen LogP contribution in [-0.2, 0) is 0 Å². The van der Waals surface area contributed by atoms with Crippen LogP contribution < -0.4 is 10.5 Å². The zero-order chi connectivity index (χ0) is 11.7. The molecule has 1 aromatic heterocycles. The minimum Gasteiger partial charge on any atom is -0.488 e. The van der Waals surface area contributed by atoms with Crippen LogP contribution in [0.2, 0.25) is 0 Å². The normalized spacial score (nSPS) is 13.2. The van der Waals surface area contributed by atoms with E-state index in [1.807, 2.05) is 6.92 Å². The zero-order valence-corrected chi connectivity index (χ0v) is 9.60. The lowest BCUT2D eigenvalue weighted by atomic mass is 10.1. The fourth-order valence-electron chi connectivity index (χ4n) is 1.29. The van der Waals surface area contributed by atoms with Crippen molar-refractivity contribution in [2.75, 3.05) is 5.73 Å². The maximum atomic E-state index is 5.78. The van der Waals surface area contributed by atoms with Gasteiger partial charge >= 0.3 is 0 Å². The summed E-state index contributed by atoms with van der Waals surface area (Å²) in [6.45, 7) is 6.21. The summed E-state index contributed by atoms with van der Waals surface area (Å²) in [5, 5.41) is 7.54. The predicted octanol–water partition coefficient (Wildman–Crippen LogP) is 2.23. The maximum Gasteiger partial charge on any atom is 0.179 e. The smallest absolute Gasteiger partial charge is 0.179 e. The molecule has 0 aliphatic rings. The van der Waals surface area contributed by atoms with Gasteiger partial charge in [-0.3, -0.25) is 0 Å². The second kappa shape index (κ2) is 4.00. The Morgan fingerprint density at radius 1 is 1.19 bits per heavy atom. The van der Waals surface area contributed by atoms with E-state index in [1.165, 1.54) is 0 Å². The Kier molecular flexibility index (Phi) is 2.68. The Hall–Kier alpha value is -1.78. The summed E-state index contributed by atoms with van der Waals surface area (Å²) < 4.78 is 10.5. The number of aromatic nitrogens is 2. The van der Waals surface area contributed by atoms with Crippen molar-refractivity contribution >= 4 is 16.7 Å². The first-order chi connectivity index (χ1) is 7.59. The lowest BCUT2D eigenvalue weighted by Crippen LogP contribution is -2.18. The van der Waals surface area contributed by atoms with E-state index in [2.05, 4.69) is 28.8 Å². The van der Waals surface area contributed by atoms with Gasteiger partial charge in [-0.15, -0.1) is 0 Å². The molecule has 1 unspecified atom stereocenters. The number of fused-ring (bicyclic) bond motifs is 1. The van der Waals surface area contributed by atoms with E-state index in [1.54, 1.807) is 12.1 Å². The molecule has 5 nitrogen and oxygen atoms in total. The molecule has 0 saturated heterocycles. The van der Waals surface area contributed by atoms with E-state index in [0.717, 1.165) is 0 Å². The summed E-state index contributed by atoms with van der Waals surface area (Å²) in [5.41, 5.74) is 7.41. The van der Waals surface area contributed by atoms with Gasteiger partial charge in [0, 0.05) is 0 Å². The number of ether oxygens (including phenoxy) is 1. The number of anilines is 1. The van der Waals surface area contributed by atoms with Crippen LogP contribution in [0.1, 0.15) is 20.8 Å². The summed E-state index contributed by atoms with van der Waals surface area (Å²) in [7, 11) is 0. The second-order valence-corrected chi connectivity index (χ2v) is 4.18. The standard InChI is InChI=1S/C11H15N3O2/c1-6(2)7(3)15-9-5-4-8(12)10-11(9)14-16-13-10/h4-7H,12H2,1-3H3. The molecular formula is C11H15N3O2. The van der Waals surface area contributed by atoms with Crippen molar-refractivity contribution in [3.63, 3.8) is 0 Å². The summed E-state index contributed by atoms with van der Waals surface area (Å²) in [6.07, 6.45) is 0.100. The SMILES string of the molecule is CC(C)C(C)Oc1ccc(N)c2nonc12. The Morgan fingerprint density at radius 3 is 2.56 bits per heavy atom. The van der Waals surface area contributed by atoms with Crippen molar-refractivity contribution in [2.45, 2.75) is 26.9 Å².